The summed E-state index contributed by atoms with van der Waals surface area (Å²) in [5, 5.41) is 0.731. The van der Waals surface area contributed by atoms with Crippen molar-refractivity contribution in [3.63, 3.8) is 0 Å². The van der Waals surface area contributed by atoms with E-state index in [0.29, 0.717) is 6.54 Å². The fraction of sp³-hybridized carbons (Fsp3) is 0.435. The van der Waals surface area contributed by atoms with E-state index in [-0.39, 0.29) is 29.6 Å². The molecule has 0 spiro atoms. The van der Waals surface area contributed by atoms with Gasteiger partial charge < -0.3 is 4.90 Å². The Balaban J connectivity index is 1.81. The Morgan fingerprint density at radius 2 is 1.93 bits per heavy atom. The minimum Gasteiger partial charge on any atom is -0.340 e. The molecule has 28 heavy (non-hydrogen) atoms. The van der Waals surface area contributed by atoms with Crippen LogP contribution in [0.5, 0.6) is 0 Å². The molecule has 150 valence electrons. The summed E-state index contributed by atoms with van der Waals surface area (Å²) in [7, 11) is 0. The molecule has 1 amide bonds. The van der Waals surface area contributed by atoms with Gasteiger partial charge in [0.1, 0.15) is 5.82 Å². The maximum absolute atomic E-state index is 13.9. The van der Waals surface area contributed by atoms with Gasteiger partial charge in [-0.25, -0.2) is 4.39 Å². The third-order valence-corrected chi connectivity index (χ3v) is 5.82. The van der Waals surface area contributed by atoms with Crippen LogP contribution in [0.4, 0.5) is 4.39 Å². The third-order valence-electron chi connectivity index (χ3n) is 5.57. The van der Waals surface area contributed by atoms with Crippen LogP contribution in [-0.4, -0.2) is 41.4 Å². The van der Waals surface area contributed by atoms with Gasteiger partial charge in [-0.1, -0.05) is 35.9 Å². The summed E-state index contributed by atoms with van der Waals surface area (Å²) in [6.07, 6.45) is 0. The molecular weight excluding hydrogens is 375 g/mol. The quantitative estimate of drug-likeness (QED) is 0.682. The van der Waals surface area contributed by atoms with Gasteiger partial charge in [0.2, 0.25) is 5.91 Å². The highest BCUT2D eigenvalue weighted by molar-refractivity contribution is 6.30. The van der Waals surface area contributed by atoms with Gasteiger partial charge in [0, 0.05) is 50.1 Å². The number of hydrogen-bond acceptors (Lipinski definition) is 2. The minimum atomic E-state index is -0.209. The van der Waals surface area contributed by atoms with Crippen molar-refractivity contribution in [2.75, 3.05) is 19.6 Å². The first-order chi connectivity index (χ1) is 13.3. The van der Waals surface area contributed by atoms with Crippen LogP contribution in [0.2, 0.25) is 5.02 Å². The largest absolute Gasteiger partial charge is 0.340 e. The Labute approximate surface area is 172 Å². The lowest BCUT2D eigenvalue weighted by Crippen LogP contribution is -2.40. The maximum atomic E-state index is 13.9. The van der Waals surface area contributed by atoms with Crippen molar-refractivity contribution in [3.8, 4) is 0 Å². The molecule has 1 fully saturated rings. The SMILES string of the molecule is CC(=O)N(C[C@@H]1CN(Cc2ccc(Cl)cc2)C[C@@H]1c1cccc(F)c1)C(C)C. The Kier molecular flexibility index (Phi) is 6.73. The molecule has 0 aromatic heterocycles. The smallest absolute Gasteiger partial charge is 0.219 e. The lowest BCUT2D eigenvalue weighted by molar-refractivity contribution is -0.131. The normalized spacial score (nSPS) is 19.9. The molecule has 0 radical (unpaired) electrons. The van der Waals surface area contributed by atoms with Crippen molar-refractivity contribution < 1.29 is 9.18 Å². The lowest BCUT2D eigenvalue weighted by atomic mass is 9.88. The number of benzene rings is 2. The molecule has 2 atom stereocenters. The monoisotopic (exact) mass is 402 g/mol. The van der Waals surface area contributed by atoms with Crippen LogP contribution < -0.4 is 0 Å². The summed E-state index contributed by atoms with van der Waals surface area (Å²) in [6, 6.07) is 14.9. The summed E-state index contributed by atoms with van der Waals surface area (Å²) in [5.41, 5.74) is 2.21. The number of halogens is 2. The topological polar surface area (TPSA) is 23.6 Å². The van der Waals surface area contributed by atoms with E-state index in [4.69, 9.17) is 11.6 Å². The molecule has 1 aliphatic heterocycles. The van der Waals surface area contributed by atoms with Crippen LogP contribution in [0.3, 0.4) is 0 Å². The Morgan fingerprint density at radius 1 is 1.21 bits per heavy atom. The van der Waals surface area contributed by atoms with E-state index in [1.165, 1.54) is 11.6 Å². The fourth-order valence-electron chi connectivity index (χ4n) is 4.19. The van der Waals surface area contributed by atoms with Crippen molar-refractivity contribution in [2.45, 2.75) is 39.3 Å². The first-order valence-corrected chi connectivity index (χ1v) is 10.2. The molecule has 5 heteroatoms. The minimum absolute atomic E-state index is 0.0872. The van der Waals surface area contributed by atoms with Crippen LogP contribution in [0.15, 0.2) is 48.5 Å². The first-order valence-electron chi connectivity index (χ1n) is 9.83. The Hall–Kier alpha value is -1.91. The van der Waals surface area contributed by atoms with E-state index >= 15 is 0 Å². The zero-order valence-electron chi connectivity index (χ0n) is 16.7. The van der Waals surface area contributed by atoms with Crippen LogP contribution >= 0.6 is 11.6 Å². The second-order valence-corrected chi connectivity index (χ2v) is 8.44. The number of hydrogen-bond donors (Lipinski definition) is 0. The molecule has 0 unspecified atom stereocenters. The van der Waals surface area contributed by atoms with E-state index in [0.717, 1.165) is 30.2 Å². The molecule has 0 N–H and O–H groups in total. The van der Waals surface area contributed by atoms with Crippen molar-refractivity contribution in [3.05, 3.63) is 70.5 Å². The number of rotatable bonds is 6. The van der Waals surface area contributed by atoms with Gasteiger partial charge in [-0.05, 0) is 55.2 Å². The summed E-state index contributed by atoms with van der Waals surface area (Å²) < 4.78 is 13.9. The fourth-order valence-corrected chi connectivity index (χ4v) is 4.32. The molecule has 1 saturated heterocycles. The van der Waals surface area contributed by atoms with Crippen molar-refractivity contribution in [1.82, 2.24) is 9.80 Å². The summed E-state index contributed by atoms with van der Waals surface area (Å²) in [4.78, 5) is 16.4. The molecule has 3 nitrogen and oxygen atoms in total. The molecule has 2 aromatic carbocycles. The van der Waals surface area contributed by atoms with E-state index in [1.54, 1.807) is 19.1 Å². The number of amides is 1. The highest BCUT2D eigenvalue weighted by atomic mass is 35.5. The lowest BCUT2D eigenvalue weighted by Gasteiger charge is -2.30. The highest BCUT2D eigenvalue weighted by Gasteiger charge is 2.36. The zero-order chi connectivity index (χ0) is 20.3. The number of likely N-dealkylation sites (tertiary alicyclic amines) is 1. The van der Waals surface area contributed by atoms with E-state index in [9.17, 15) is 9.18 Å². The summed E-state index contributed by atoms with van der Waals surface area (Å²) in [5.74, 6) is 0.341. The van der Waals surface area contributed by atoms with E-state index < -0.39 is 0 Å². The second kappa shape index (κ2) is 9.06. The third kappa shape index (κ3) is 5.12. The zero-order valence-corrected chi connectivity index (χ0v) is 17.5. The molecule has 0 bridgehead atoms. The Bertz CT molecular complexity index is 809. The highest BCUT2D eigenvalue weighted by Crippen LogP contribution is 2.35. The molecule has 2 aromatic rings. The van der Waals surface area contributed by atoms with Crippen LogP contribution in [-0.2, 0) is 11.3 Å². The molecule has 1 heterocycles. The van der Waals surface area contributed by atoms with Crippen molar-refractivity contribution in [1.29, 1.82) is 0 Å². The standard InChI is InChI=1S/C23H28ClFN2O/c1-16(2)27(17(3)28)14-20-13-26(12-18-7-9-21(24)10-8-18)15-23(20)19-5-4-6-22(25)11-19/h4-11,16,20,23H,12-15H2,1-3H3/t20-,23+/m0/s1. The average molecular weight is 403 g/mol. The van der Waals surface area contributed by atoms with Crippen molar-refractivity contribution >= 4 is 17.5 Å². The van der Waals surface area contributed by atoms with E-state index in [1.807, 2.05) is 49.1 Å². The molecule has 0 saturated carbocycles. The van der Waals surface area contributed by atoms with Crippen molar-refractivity contribution in [2.24, 2.45) is 5.92 Å². The second-order valence-electron chi connectivity index (χ2n) is 8.01. The van der Waals surface area contributed by atoms with Gasteiger partial charge in [0.25, 0.3) is 0 Å². The van der Waals surface area contributed by atoms with Gasteiger partial charge in [-0.3, -0.25) is 9.69 Å². The Morgan fingerprint density at radius 3 is 2.54 bits per heavy atom. The molecule has 3 rings (SSSR count). The van der Waals surface area contributed by atoms with Gasteiger partial charge in [-0.2, -0.15) is 0 Å². The van der Waals surface area contributed by atoms with Gasteiger partial charge in [0.15, 0.2) is 0 Å². The first kappa shape index (κ1) is 20.8. The maximum Gasteiger partial charge on any atom is 0.219 e. The number of nitrogens with zero attached hydrogens (tertiary/aromatic N) is 2. The predicted octanol–water partition coefficient (Wildman–Crippen LogP) is 4.95. The molecular formula is C23H28ClFN2O. The average Bonchev–Trinajstić information content (AvgIpc) is 3.03. The predicted molar refractivity (Wildman–Crippen MR) is 112 cm³/mol. The van der Waals surface area contributed by atoms with Crippen LogP contribution in [0.25, 0.3) is 0 Å². The van der Waals surface area contributed by atoms with E-state index in [2.05, 4.69) is 4.90 Å². The molecule has 1 aliphatic rings. The summed E-state index contributed by atoms with van der Waals surface area (Å²) in [6.45, 7) is 8.93. The van der Waals surface area contributed by atoms with Gasteiger partial charge >= 0.3 is 0 Å². The van der Waals surface area contributed by atoms with Crippen LogP contribution in [0.1, 0.15) is 37.8 Å². The summed E-state index contributed by atoms with van der Waals surface area (Å²) >= 11 is 6.00. The molecule has 0 aliphatic carbocycles. The van der Waals surface area contributed by atoms with Crippen LogP contribution in [0, 0.1) is 11.7 Å². The number of carbonyl (C=O) groups excluding carboxylic acids is 1. The number of carbonyl (C=O) groups is 1. The van der Waals surface area contributed by atoms with Gasteiger partial charge in [-0.15, -0.1) is 0 Å². The van der Waals surface area contributed by atoms with Gasteiger partial charge in [0.05, 0.1) is 0 Å².